The number of alkyl halides is 1. The molecule has 1 atom stereocenters. The number of halogens is 1. The minimum absolute atomic E-state index is 0.393. The van der Waals surface area contributed by atoms with Crippen LogP contribution in [-0.4, -0.2) is 11.4 Å². The van der Waals surface area contributed by atoms with Crippen LogP contribution in [0.5, 0.6) is 0 Å². The number of hydrogen-bond acceptors (Lipinski definition) is 1. The molecule has 2 heteroatoms. The molecule has 0 aromatic rings. The predicted octanol–water partition coefficient (Wildman–Crippen LogP) is 2.14. The van der Waals surface area contributed by atoms with E-state index in [-0.39, 0.29) is 0 Å². The summed E-state index contributed by atoms with van der Waals surface area (Å²) in [6.45, 7) is 4.40. The SMILES string of the molecule is CC(C)C[C@@H](N)CCBr. The molecule has 0 unspecified atom stereocenters. The van der Waals surface area contributed by atoms with Crippen LogP contribution in [0.3, 0.4) is 0 Å². The van der Waals surface area contributed by atoms with Gasteiger partial charge >= 0.3 is 0 Å². The van der Waals surface area contributed by atoms with Crippen LogP contribution in [0.4, 0.5) is 0 Å². The van der Waals surface area contributed by atoms with Gasteiger partial charge in [0.05, 0.1) is 0 Å². The highest BCUT2D eigenvalue weighted by atomic mass is 79.9. The molecule has 0 aliphatic heterocycles. The average molecular weight is 194 g/mol. The van der Waals surface area contributed by atoms with Crippen molar-refractivity contribution in [2.75, 3.05) is 5.33 Å². The Labute approximate surface area is 66.1 Å². The van der Waals surface area contributed by atoms with Crippen LogP contribution in [0.15, 0.2) is 0 Å². The van der Waals surface area contributed by atoms with Crippen molar-refractivity contribution in [1.29, 1.82) is 0 Å². The van der Waals surface area contributed by atoms with E-state index in [0.717, 1.165) is 24.1 Å². The van der Waals surface area contributed by atoms with Crippen molar-refractivity contribution in [3.8, 4) is 0 Å². The van der Waals surface area contributed by atoms with Gasteiger partial charge in [-0.1, -0.05) is 29.8 Å². The Hall–Kier alpha value is 0.440. The van der Waals surface area contributed by atoms with Gasteiger partial charge in [-0.2, -0.15) is 0 Å². The zero-order valence-corrected chi connectivity index (χ0v) is 7.82. The molecule has 0 heterocycles. The molecule has 9 heavy (non-hydrogen) atoms. The summed E-state index contributed by atoms with van der Waals surface area (Å²) in [4.78, 5) is 0. The molecule has 0 fully saturated rings. The Kier molecular flexibility index (Phi) is 5.50. The highest BCUT2D eigenvalue weighted by Crippen LogP contribution is 2.06. The maximum atomic E-state index is 5.76. The van der Waals surface area contributed by atoms with Crippen molar-refractivity contribution < 1.29 is 0 Å². The third kappa shape index (κ3) is 6.32. The van der Waals surface area contributed by atoms with E-state index in [9.17, 15) is 0 Å². The highest BCUT2D eigenvalue weighted by Gasteiger charge is 2.02. The van der Waals surface area contributed by atoms with E-state index in [1.165, 1.54) is 0 Å². The molecule has 0 aliphatic carbocycles. The van der Waals surface area contributed by atoms with Gasteiger partial charge in [0, 0.05) is 11.4 Å². The van der Waals surface area contributed by atoms with Gasteiger partial charge in [-0.15, -0.1) is 0 Å². The van der Waals surface area contributed by atoms with Crippen molar-refractivity contribution in [1.82, 2.24) is 0 Å². The average Bonchev–Trinajstić information content (AvgIpc) is 1.63. The molecule has 0 bridgehead atoms. The van der Waals surface area contributed by atoms with Gasteiger partial charge in [-0.25, -0.2) is 0 Å². The first-order valence-corrected chi connectivity index (χ1v) is 4.60. The van der Waals surface area contributed by atoms with Gasteiger partial charge in [0.1, 0.15) is 0 Å². The van der Waals surface area contributed by atoms with Crippen LogP contribution in [0.1, 0.15) is 26.7 Å². The molecule has 0 rings (SSSR count). The maximum Gasteiger partial charge on any atom is 0.00492 e. The molecule has 0 saturated carbocycles. The lowest BCUT2D eigenvalue weighted by Crippen LogP contribution is -2.22. The topological polar surface area (TPSA) is 26.0 Å². The molecular weight excluding hydrogens is 178 g/mol. The third-order valence-corrected chi connectivity index (χ3v) is 1.71. The second-order valence-electron chi connectivity index (χ2n) is 2.87. The smallest absolute Gasteiger partial charge is 0.00492 e. The van der Waals surface area contributed by atoms with Gasteiger partial charge in [-0.3, -0.25) is 0 Å². The summed E-state index contributed by atoms with van der Waals surface area (Å²) in [7, 11) is 0. The van der Waals surface area contributed by atoms with E-state index in [0.29, 0.717) is 6.04 Å². The molecule has 56 valence electrons. The summed E-state index contributed by atoms with van der Waals surface area (Å²) in [5, 5.41) is 1.03. The predicted molar refractivity (Wildman–Crippen MR) is 45.8 cm³/mol. The summed E-state index contributed by atoms with van der Waals surface area (Å²) >= 11 is 3.36. The Bertz CT molecular complexity index is 63.9. The first-order chi connectivity index (χ1) is 4.16. The summed E-state index contributed by atoms with van der Waals surface area (Å²) in [6, 6.07) is 0.393. The standard InChI is InChI=1S/C7H16BrN/c1-6(2)5-7(9)3-4-8/h6-7H,3-5,9H2,1-2H3/t7-/m0/s1. The maximum absolute atomic E-state index is 5.76. The lowest BCUT2D eigenvalue weighted by Gasteiger charge is -2.11. The number of rotatable bonds is 4. The van der Waals surface area contributed by atoms with Crippen molar-refractivity contribution in [3.63, 3.8) is 0 Å². The monoisotopic (exact) mass is 193 g/mol. The van der Waals surface area contributed by atoms with E-state index in [1.807, 2.05) is 0 Å². The fraction of sp³-hybridized carbons (Fsp3) is 1.00. The normalized spacial score (nSPS) is 14.3. The molecule has 2 N–H and O–H groups in total. The molecule has 1 nitrogen and oxygen atoms in total. The Balaban J connectivity index is 3.15. The van der Waals surface area contributed by atoms with Crippen LogP contribution in [-0.2, 0) is 0 Å². The van der Waals surface area contributed by atoms with E-state index in [4.69, 9.17) is 5.73 Å². The Morgan fingerprint density at radius 3 is 2.33 bits per heavy atom. The quantitative estimate of drug-likeness (QED) is 0.681. The third-order valence-electron chi connectivity index (χ3n) is 1.25. The summed E-state index contributed by atoms with van der Waals surface area (Å²) in [5.41, 5.74) is 5.76. The molecule has 0 radical (unpaired) electrons. The van der Waals surface area contributed by atoms with E-state index in [1.54, 1.807) is 0 Å². The summed E-state index contributed by atoms with van der Waals surface area (Å²) < 4.78 is 0. The van der Waals surface area contributed by atoms with Gasteiger partial charge in [0.2, 0.25) is 0 Å². The first-order valence-electron chi connectivity index (χ1n) is 3.48. The van der Waals surface area contributed by atoms with Crippen molar-refractivity contribution >= 4 is 15.9 Å². The number of nitrogens with two attached hydrogens (primary N) is 1. The van der Waals surface area contributed by atoms with Gasteiger partial charge in [0.15, 0.2) is 0 Å². The Morgan fingerprint density at radius 1 is 1.44 bits per heavy atom. The molecule has 0 aliphatic rings. The van der Waals surface area contributed by atoms with Crippen LogP contribution < -0.4 is 5.73 Å². The van der Waals surface area contributed by atoms with Crippen LogP contribution in [0, 0.1) is 5.92 Å². The second kappa shape index (κ2) is 5.24. The second-order valence-corrected chi connectivity index (χ2v) is 3.66. The highest BCUT2D eigenvalue weighted by molar-refractivity contribution is 9.09. The summed E-state index contributed by atoms with van der Waals surface area (Å²) in [5.74, 6) is 0.735. The van der Waals surface area contributed by atoms with Crippen molar-refractivity contribution in [3.05, 3.63) is 0 Å². The van der Waals surface area contributed by atoms with Crippen LogP contribution >= 0.6 is 15.9 Å². The molecule has 0 aromatic carbocycles. The molecular formula is C7H16BrN. The summed E-state index contributed by atoms with van der Waals surface area (Å²) in [6.07, 6.45) is 2.24. The van der Waals surface area contributed by atoms with Crippen LogP contribution in [0.2, 0.25) is 0 Å². The Morgan fingerprint density at radius 2 is 2.00 bits per heavy atom. The number of hydrogen-bond donors (Lipinski definition) is 1. The van der Waals surface area contributed by atoms with E-state index in [2.05, 4.69) is 29.8 Å². The molecule has 0 spiro atoms. The molecule has 0 saturated heterocycles. The van der Waals surface area contributed by atoms with E-state index < -0.39 is 0 Å². The minimum Gasteiger partial charge on any atom is -0.328 e. The molecule has 0 amide bonds. The van der Waals surface area contributed by atoms with Gasteiger partial charge in [0.25, 0.3) is 0 Å². The zero-order valence-electron chi connectivity index (χ0n) is 6.23. The largest absolute Gasteiger partial charge is 0.328 e. The lowest BCUT2D eigenvalue weighted by molar-refractivity contribution is 0.489. The molecule has 0 aromatic heterocycles. The first kappa shape index (κ1) is 9.44. The van der Waals surface area contributed by atoms with Gasteiger partial charge in [-0.05, 0) is 18.8 Å². The minimum atomic E-state index is 0.393. The fourth-order valence-electron chi connectivity index (χ4n) is 0.863. The zero-order chi connectivity index (χ0) is 7.28. The fourth-order valence-corrected chi connectivity index (χ4v) is 1.45. The lowest BCUT2D eigenvalue weighted by atomic mass is 10.0. The van der Waals surface area contributed by atoms with E-state index >= 15 is 0 Å². The van der Waals surface area contributed by atoms with Crippen molar-refractivity contribution in [2.45, 2.75) is 32.7 Å². The van der Waals surface area contributed by atoms with Gasteiger partial charge < -0.3 is 5.73 Å². The van der Waals surface area contributed by atoms with Crippen molar-refractivity contribution in [2.24, 2.45) is 11.7 Å². The van der Waals surface area contributed by atoms with Crippen LogP contribution in [0.25, 0.3) is 0 Å².